The van der Waals surface area contributed by atoms with Gasteiger partial charge in [0, 0.05) is 36.8 Å². The van der Waals surface area contributed by atoms with Gasteiger partial charge in [-0.25, -0.2) is 8.42 Å². The fourth-order valence-electron chi connectivity index (χ4n) is 4.04. The van der Waals surface area contributed by atoms with Crippen LogP contribution in [0.5, 0.6) is 11.5 Å². The minimum atomic E-state index is -3.99. The first-order valence-electron chi connectivity index (χ1n) is 11.5. The van der Waals surface area contributed by atoms with Gasteiger partial charge < -0.3 is 9.64 Å². The van der Waals surface area contributed by atoms with E-state index in [4.69, 9.17) is 28.6 Å². The Hall–Kier alpha value is -3.29. The second-order valence-electron chi connectivity index (χ2n) is 8.59. The quantitative estimate of drug-likeness (QED) is 0.293. The third-order valence-electron chi connectivity index (χ3n) is 5.93. The smallest absolute Gasteiger partial charge is 0.246 e. The Bertz CT molecular complexity index is 1460. The molecule has 0 aromatic heterocycles. The minimum absolute atomic E-state index is 0.0768. The summed E-state index contributed by atoms with van der Waals surface area (Å²) in [5, 5.41) is 9.84. The molecular formula is C27H24ClN3O4S2. The van der Waals surface area contributed by atoms with Crippen LogP contribution in [0.15, 0.2) is 71.6 Å². The lowest BCUT2D eigenvalue weighted by Gasteiger charge is -2.35. The number of nitrogens with zero attached hydrogens (tertiary/aromatic N) is 3. The Morgan fingerprint density at radius 1 is 1.05 bits per heavy atom. The van der Waals surface area contributed by atoms with Crippen molar-refractivity contribution >= 4 is 44.6 Å². The number of nitriles is 1. The van der Waals surface area contributed by atoms with Crippen molar-refractivity contribution in [3.8, 4) is 17.6 Å². The van der Waals surface area contributed by atoms with Crippen molar-refractivity contribution in [3.63, 3.8) is 0 Å². The number of hydrogen-bond acceptors (Lipinski definition) is 6. The van der Waals surface area contributed by atoms with Crippen LogP contribution in [0.2, 0.25) is 5.02 Å². The molecule has 1 fully saturated rings. The predicted octanol–water partition coefficient (Wildman–Crippen LogP) is 5.22. The molecule has 1 aliphatic heterocycles. The average Bonchev–Trinajstić information content (AvgIpc) is 2.88. The summed E-state index contributed by atoms with van der Waals surface area (Å²) in [4.78, 5) is 14.8. The Morgan fingerprint density at radius 3 is 2.41 bits per heavy atom. The van der Waals surface area contributed by atoms with Crippen LogP contribution in [-0.4, -0.2) is 54.6 Å². The van der Waals surface area contributed by atoms with E-state index in [0.29, 0.717) is 34.4 Å². The molecule has 0 unspecified atom stereocenters. The molecule has 0 aliphatic carbocycles. The summed E-state index contributed by atoms with van der Waals surface area (Å²) in [7, 11) is -3.99. The fraction of sp³-hybridized carbons (Fsp3) is 0.222. The number of carbonyl (C=O) groups is 1. The predicted molar refractivity (Wildman–Crippen MR) is 146 cm³/mol. The molecule has 0 bridgehead atoms. The van der Waals surface area contributed by atoms with E-state index in [-0.39, 0.29) is 41.5 Å². The van der Waals surface area contributed by atoms with Gasteiger partial charge in [0.2, 0.25) is 10.0 Å². The number of hydrogen-bond donors (Lipinski definition) is 0. The molecular weight excluding hydrogens is 530 g/mol. The van der Waals surface area contributed by atoms with Crippen molar-refractivity contribution in [1.82, 2.24) is 9.21 Å². The van der Waals surface area contributed by atoms with E-state index in [1.807, 2.05) is 24.0 Å². The van der Waals surface area contributed by atoms with Gasteiger partial charge in [-0.05, 0) is 48.9 Å². The van der Waals surface area contributed by atoms with Crippen LogP contribution in [0.4, 0.5) is 0 Å². The number of thiocarbonyl (C=S) groups is 1. The first-order valence-corrected chi connectivity index (χ1v) is 13.8. The summed E-state index contributed by atoms with van der Waals surface area (Å²) in [5.41, 5.74) is 1.65. The van der Waals surface area contributed by atoms with Crippen molar-refractivity contribution in [2.45, 2.75) is 18.2 Å². The van der Waals surface area contributed by atoms with Gasteiger partial charge in [0.1, 0.15) is 16.4 Å². The van der Waals surface area contributed by atoms with E-state index >= 15 is 0 Å². The first-order chi connectivity index (χ1) is 17.7. The van der Waals surface area contributed by atoms with E-state index in [9.17, 15) is 18.5 Å². The van der Waals surface area contributed by atoms with Crippen LogP contribution >= 0.6 is 23.8 Å². The van der Waals surface area contributed by atoms with Gasteiger partial charge in [0.15, 0.2) is 5.78 Å². The molecule has 4 rings (SSSR count). The normalized spacial score (nSPS) is 14.1. The van der Waals surface area contributed by atoms with Crippen molar-refractivity contribution in [2.24, 2.45) is 0 Å². The van der Waals surface area contributed by atoms with Crippen LogP contribution in [0, 0.1) is 18.3 Å². The number of carbonyl (C=O) groups excluding carboxylic acids is 1. The summed E-state index contributed by atoms with van der Waals surface area (Å²) >= 11 is 11.6. The lowest BCUT2D eigenvalue weighted by Crippen LogP contribution is -2.50. The standard InChI is InChI=1S/C27H24ClN3O4S2/c1-19-13-22(28)16-23(14-19)35-25-8-7-20(18-29)15-26(25)37(33,34)31-11-9-30(10-12-31)27(36)17-24(32)21-5-3-2-4-6-21/h2-8,13-16H,9-12,17H2,1H3. The van der Waals surface area contributed by atoms with Crippen molar-refractivity contribution in [2.75, 3.05) is 26.2 Å². The largest absolute Gasteiger partial charge is 0.456 e. The minimum Gasteiger partial charge on any atom is -0.456 e. The topological polar surface area (TPSA) is 90.7 Å². The summed E-state index contributed by atoms with van der Waals surface area (Å²) in [6.07, 6.45) is 0.0906. The average molecular weight is 554 g/mol. The van der Waals surface area contributed by atoms with E-state index in [1.165, 1.54) is 22.5 Å². The summed E-state index contributed by atoms with van der Waals surface area (Å²) in [5.74, 6) is 0.420. The fourth-order valence-corrected chi connectivity index (χ4v) is 6.20. The van der Waals surface area contributed by atoms with E-state index in [0.717, 1.165) is 5.56 Å². The molecule has 1 saturated heterocycles. The van der Waals surface area contributed by atoms with Crippen LogP contribution < -0.4 is 4.74 Å². The highest BCUT2D eigenvalue weighted by atomic mass is 35.5. The Balaban J connectivity index is 1.50. The van der Waals surface area contributed by atoms with Gasteiger partial charge in [0.25, 0.3) is 0 Å². The van der Waals surface area contributed by atoms with Crippen LogP contribution in [0.1, 0.15) is 27.9 Å². The molecule has 7 nitrogen and oxygen atoms in total. The molecule has 0 amide bonds. The highest BCUT2D eigenvalue weighted by Crippen LogP contribution is 2.33. The lowest BCUT2D eigenvalue weighted by molar-refractivity contribution is 0.0996. The molecule has 1 heterocycles. The number of sulfonamides is 1. The number of ketones is 1. The van der Waals surface area contributed by atoms with Gasteiger partial charge in [0.05, 0.1) is 23.0 Å². The second-order valence-corrected chi connectivity index (χ2v) is 11.4. The maximum Gasteiger partial charge on any atom is 0.246 e. The molecule has 0 spiro atoms. The molecule has 0 N–H and O–H groups in total. The van der Waals surface area contributed by atoms with Crippen LogP contribution in [-0.2, 0) is 10.0 Å². The molecule has 0 radical (unpaired) electrons. The Kier molecular flexibility index (Phi) is 8.25. The molecule has 1 aliphatic rings. The van der Waals surface area contributed by atoms with E-state index < -0.39 is 10.0 Å². The lowest BCUT2D eigenvalue weighted by atomic mass is 10.1. The highest BCUT2D eigenvalue weighted by Gasteiger charge is 2.32. The monoisotopic (exact) mass is 553 g/mol. The van der Waals surface area contributed by atoms with Crippen molar-refractivity contribution < 1.29 is 17.9 Å². The number of rotatable bonds is 7. The zero-order valence-corrected chi connectivity index (χ0v) is 22.4. The number of aryl methyl sites for hydroxylation is 1. The van der Waals surface area contributed by atoms with Crippen molar-refractivity contribution in [3.05, 3.63) is 88.4 Å². The molecule has 10 heteroatoms. The number of halogens is 1. The van der Waals surface area contributed by atoms with Crippen LogP contribution in [0.3, 0.4) is 0 Å². The maximum atomic E-state index is 13.6. The second kappa shape index (κ2) is 11.4. The van der Waals surface area contributed by atoms with Gasteiger partial charge in [-0.15, -0.1) is 0 Å². The summed E-state index contributed by atoms with van der Waals surface area (Å²) in [6, 6.07) is 20.3. The zero-order chi connectivity index (χ0) is 26.6. The first kappa shape index (κ1) is 26.8. The number of ether oxygens (including phenoxy) is 1. The Morgan fingerprint density at radius 2 is 1.76 bits per heavy atom. The SMILES string of the molecule is Cc1cc(Cl)cc(Oc2ccc(C#N)cc2S(=O)(=O)N2CCN(C(=S)CC(=O)c3ccccc3)CC2)c1. The highest BCUT2D eigenvalue weighted by molar-refractivity contribution is 7.89. The third kappa shape index (κ3) is 6.35. The number of benzene rings is 3. The van der Waals surface area contributed by atoms with Gasteiger partial charge in [-0.2, -0.15) is 9.57 Å². The van der Waals surface area contributed by atoms with E-state index in [1.54, 1.807) is 42.5 Å². The number of Topliss-reactive ketones (excluding diaryl/α,β-unsaturated/α-hetero) is 1. The van der Waals surface area contributed by atoms with Gasteiger partial charge in [-0.3, -0.25) is 4.79 Å². The molecule has 0 atom stereocenters. The molecule has 0 saturated carbocycles. The van der Waals surface area contributed by atoms with Gasteiger partial charge >= 0.3 is 0 Å². The third-order valence-corrected chi connectivity index (χ3v) is 8.47. The van der Waals surface area contributed by atoms with E-state index in [2.05, 4.69) is 0 Å². The van der Waals surface area contributed by atoms with Crippen LogP contribution in [0.25, 0.3) is 0 Å². The number of piperazine rings is 1. The molecule has 3 aromatic rings. The van der Waals surface area contributed by atoms with Crippen molar-refractivity contribution in [1.29, 1.82) is 5.26 Å². The maximum absolute atomic E-state index is 13.6. The zero-order valence-electron chi connectivity index (χ0n) is 20.1. The summed E-state index contributed by atoms with van der Waals surface area (Å²) < 4.78 is 34.6. The summed E-state index contributed by atoms with van der Waals surface area (Å²) in [6.45, 7) is 2.90. The molecule has 190 valence electrons. The molecule has 3 aromatic carbocycles. The molecule has 37 heavy (non-hydrogen) atoms. The van der Waals surface area contributed by atoms with Gasteiger partial charge in [-0.1, -0.05) is 54.2 Å². The Labute approximate surface area is 226 Å².